The second kappa shape index (κ2) is 4.49. The molecule has 0 aliphatic rings. The van der Waals surface area contributed by atoms with Crippen LogP contribution in [-0.2, 0) is 4.79 Å². The molecule has 0 spiro atoms. The monoisotopic (exact) mass is 131 g/mol. The maximum atomic E-state index is 9.83. The van der Waals surface area contributed by atoms with Crippen LogP contribution in [0.3, 0.4) is 0 Å². The van der Waals surface area contributed by atoms with E-state index in [9.17, 15) is 4.79 Å². The smallest absolute Gasteiger partial charge is 0.427 e. The summed E-state index contributed by atoms with van der Waals surface area (Å²) in [6, 6.07) is -0.563. The Hall–Kier alpha value is -0.385. The second-order valence-electron chi connectivity index (χ2n) is 1.86. The molecule has 0 radical (unpaired) electrons. The molecule has 9 heavy (non-hydrogen) atoms. The molecule has 52 valence electrons. The van der Waals surface area contributed by atoms with E-state index in [2.05, 4.69) is 0 Å². The van der Waals surface area contributed by atoms with E-state index in [1.807, 2.05) is 0 Å². The van der Waals surface area contributed by atoms with Crippen LogP contribution in [0.25, 0.3) is 0 Å². The molecule has 0 rings (SSSR count). The number of rotatable bonds is 4. The van der Waals surface area contributed by atoms with Crippen LogP contribution < -0.4 is 5.73 Å². The van der Waals surface area contributed by atoms with E-state index in [0.29, 0.717) is 12.7 Å². The van der Waals surface area contributed by atoms with E-state index < -0.39 is 13.2 Å². The average molecular weight is 131 g/mol. The summed E-state index contributed by atoms with van der Waals surface area (Å²) in [4.78, 5) is 9.83. The summed E-state index contributed by atoms with van der Waals surface area (Å²) in [7, 11) is -1.35. The van der Waals surface area contributed by atoms with Crippen molar-refractivity contribution in [3.63, 3.8) is 0 Å². The summed E-state index contributed by atoms with van der Waals surface area (Å²) in [6.07, 6.45) is 1.06. The predicted octanol–water partition coefficient (Wildman–Crippen LogP) is -1.62. The standard InChI is InChI=1S/C4H10BNO3/c6-4(3-7)1-2-5(8)9/h3-4,8-9H,1-2,6H2/t4-/m0/s1. The quantitative estimate of drug-likeness (QED) is 0.316. The fraction of sp³-hybridized carbons (Fsp3) is 0.750. The molecule has 0 aliphatic heterocycles. The lowest BCUT2D eigenvalue weighted by atomic mass is 9.83. The maximum absolute atomic E-state index is 9.83. The van der Waals surface area contributed by atoms with Crippen molar-refractivity contribution in [3.8, 4) is 0 Å². The molecule has 0 aromatic heterocycles. The Morgan fingerprint density at radius 1 is 1.67 bits per heavy atom. The van der Waals surface area contributed by atoms with Gasteiger partial charge >= 0.3 is 7.12 Å². The first kappa shape index (κ1) is 8.61. The van der Waals surface area contributed by atoms with Gasteiger partial charge in [0.05, 0.1) is 6.04 Å². The minimum atomic E-state index is -1.35. The lowest BCUT2D eigenvalue weighted by molar-refractivity contribution is -0.108. The second-order valence-corrected chi connectivity index (χ2v) is 1.86. The summed E-state index contributed by atoms with van der Waals surface area (Å²) in [5.41, 5.74) is 5.13. The summed E-state index contributed by atoms with van der Waals surface area (Å²) in [5.74, 6) is 0. The molecule has 0 heterocycles. The van der Waals surface area contributed by atoms with E-state index in [0.717, 1.165) is 0 Å². The minimum absolute atomic E-state index is 0.153. The molecule has 0 aliphatic carbocycles. The van der Waals surface area contributed by atoms with Gasteiger partial charge in [0, 0.05) is 0 Å². The molecule has 0 fully saturated rings. The van der Waals surface area contributed by atoms with E-state index in [1.165, 1.54) is 0 Å². The Morgan fingerprint density at radius 2 is 2.22 bits per heavy atom. The van der Waals surface area contributed by atoms with Crippen molar-refractivity contribution in [3.05, 3.63) is 0 Å². The van der Waals surface area contributed by atoms with Gasteiger partial charge in [-0.3, -0.25) is 0 Å². The third-order valence-corrected chi connectivity index (χ3v) is 0.933. The number of aldehydes is 1. The third kappa shape index (κ3) is 5.49. The molecule has 0 aromatic rings. The van der Waals surface area contributed by atoms with Crippen LogP contribution in [0.4, 0.5) is 0 Å². The van der Waals surface area contributed by atoms with E-state index in [-0.39, 0.29) is 6.32 Å². The van der Waals surface area contributed by atoms with Gasteiger partial charge in [-0.25, -0.2) is 0 Å². The highest BCUT2D eigenvalue weighted by atomic mass is 16.4. The third-order valence-electron chi connectivity index (χ3n) is 0.933. The van der Waals surface area contributed by atoms with Crippen molar-refractivity contribution in [2.24, 2.45) is 5.73 Å². The summed E-state index contributed by atoms with van der Waals surface area (Å²) in [6.45, 7) is 0. The number of nitrogens with two attached hydrogens (primary N) is 1. The summed E-state index contributed by atoms with van der Waals surface area (Å²) >= 11 is 0. The van der Waals surface area contributed by atoms with Crippen LogP contribution in [0.5, 0.6) is 0 Å². The van der Waals surface area contributed by atoms with Crippen LogP contribution in [0.2, 0.25) is 6.32 Å². The normalized spacial score (nSPS) is 12.8. The van der Waals surface area contributed by atoms with Gasteiger partial charge in [-0.2, -0.15) is 0 Å². The predicted molar refractivity (Wildman–Crippen MR) is 33.7 cm³/mol. The topological polar surface area (TPSA) is 83.6 Å². The van der Waals surface area contributed by atoms with Gasteiger partial charge in [0.2, 0.25) is 0 Å². The highest BCUT2D eigenvalue weighted by Crippen LogP contribution is 1.93. The molecule has 1 atom stereocenters. The molecular weight excluding hydrogens is 121 g/mol. The Morgan fingerprint density at radius 3 is 2.56 bits per heavy atom. The maximum Gasteiger partial charge on any atom is 0.451 e. The van der Waals surface area contributed by atoms with Crippen molar-refractivity contribution < 1.29 is 14.8 Å². The zero-order chi connectivity index (χ0) is 7.28. The molecule has 5 heteroatoms. The molecule has 0 aromatic carbocycles. The van der Waals surface area contributed by atoms with Gasteiger partial charge in [-0.1, -0.05) is 0 Å². The number of carbonyl (C=O) groups is 1. The van der Waals surface area contributed by atoms with Crippen LogP contribution in [0.15, 0.2) is 0 Å². The average Bonchev–Trinajstić information content (AvgIpc) is 1.83. The van der Waals surface area contributed by atoms with Crippen LogP contribution in [0.1, 0.15) is 6.42 Å². The van der Waals surface area contributed by atoms with E-state index in [4.69, 9.17) is 15.8 Å². The molecule has 4 nitrogen and oxygen atoms in total. The molecule has 4 N–H and O–H groups in total. The first-order valence-corrected chi connectivity index (χ1v) is 2.74. The zero-order valence-electron chi connectivity index (χ0n) is 5.03. The van der Waals surface area contributed by atoms with Gasteiger partial charge in [0.1, 0.15) is 6.29 Å². The van der Waals surface area contributed by atoms with Crippen molar-refractivity contribution >= 4 is 13.4 Å². The van der Waals surface area contributed by atoms with Crippen LogP contribution in [0, 0.1) is 0 Å². The minimum Gasteiger partial charge on any atom is -0.427 e. The number of hydrogen-bond donors (Lipinski definition) is 3. The molecule has 0 bridgehead atoms. The Labute approximate surface area is 53.8 Å². The Balaban J connectivity index is 3.16. The lowest BCUT2D eigenvalue weighted by Gasteiger charge is -2.00. The summed E-state index contributed by atoms with van der Waals surface area (Å²) in [5, 5.41) is 16.6. The van der Waals surface area contributed by atoms with Crippen LogP contribution >= 0.6 is 0 Å². The summed E-state index contributed by atoms with van der Waals surface area (Å²) < 4.78 is 0. The van der Waals surface area contributed by atoms with Crippen molar-refractivity contribution in [2.75, 3.05) is 0 Å². The Bertz CT molecular complexity index is 87.9. The lowest BCUT2D eigenvalue weighted by Crippen LogP contribution is -2.24. The fourth-order valence-corrected chi connectivity index (χ4v) is 0.410. The molecular formula is C4H10BNO3. The first-order chi connectivity index (χ1) is 4.16. The van der Waals surface area contributed by atoms with Crippen LogP contribution in [-0.4, -0.2) is 29.5 Å². The largest absolute Gasteiger partial charge is 0.451 e. The molecule has 0 saturated carbocycles. The van der Waals surface area contributed by atoms with Crippen molar-refractivity contribution in [1.82, 2.24) is 0 Å². The van der Waals surface area contributed by atoms with E-state index in [1.54, 1.807) is 0 Å². The fourth-order valence-electron chi connectivity index (χ4n) is 0.410. The van der Waals surface area contributed by atoms with Gasteiger partial charge < -0.3 is 20.6 Å². The van der Waals surface area contributed by atoms with Gasteiger partial charge in [0.25, 0.3) is 0 Å². The van der Waals surface area contributed by atoms with Crippen molar-refractivity contribution in [1.29, 1.82) is 0 Å². The first-order valence-electron chi connectivity index (χ1n) is 2.74. The SMILES string of the molecule is N[C@H](C=O)CCB(O)O. The Kier molecular flexibility index (Phi) is 4.30. The molecule has 0 saturated heterocycles. The highest BCUT2D eigenvalue weighted by molar-refractivity contribution is 6.40. The van der Waals surface area contributed by atoms with Gasteiger partial charge in [-0.05, 0) is 12.7 Å². The molecule has 0 unspecified atom stereocenters. The van der Waals surface area contributed by atoms with Gasteiger partial charge in [0.15, 0.2) is 0 Å². The van der Waals surface area contributed by atoms with Gasteiger partial charge in [-0.15, -0.1) is 0 Å². The van der Waals surface area contributed by atoms with Crippen molar-refractivity contribution in [2.45, 2.75) is 18.8 Å². The highest BCUT2D eigenvalue weighted by Gasteiger charge is 2.08. The molecule has 0 amide bonds. The zero-order valence-corrected chi connectivity index (χ0v) is 5.03. The number of hydrogen-bond acceptors (Lipinski definition) is 4. The van der Waals surface area contributed by atoms with E-state index >= 15 is 0 Å². The number of carbonyl (C=O) groups excluding carboxylic acids is 1.